The SMILES string of the molecule is C[C@@H](O)[C@@H](O)[C@H](O)Cn1cnc2c(N)ncnc21. The molecule has 8 nitrogen and oxygen atoms in total. The van der Waals surface area contributed by atoms with Crippen molar-refractivity contribution in [1.82, 2.24) is 19.5 Å². The molecule has 0 fully saturated rings. The van der Waals surface area contributed by atoms with Crippen molar-refractivity contribution in [2.75, 3.05) is 5.73 Å². The number of aliphatic hydroxyl groups excluding tert-OH is 3. The van der Waals surface area contributed by atoms with Gasteiger partial charge in [0, 0.05) is 0 Å². The van der Waals surface area contributed by atoms with Gasteiger partial charge in [-0.2, -0.15) is 0 Å². The van der Waals surface area contributed by atoms with Gasteiger partial charge >= 0.3 is 0 Å². The first-order chi connectivity index (χ1) is 8.50. The Balaban J connectivity index is 2.25. The summed E-state index contributed by atoms with van der Waals surface area (Å²) in [4.78, 5) is 11.8. The van der Waals surface area contributed by atoms with Crippen LogP contribution in [0.5, 0.6) is 0 Å². The lowest BCUT2D eigenvalue weighted by Gasteiger charge is -2.20. The molecule has 0 radical (unpaired) electrons. The first-order valence-electron chi connectivity index (χ1n) is 5.46. The molecule has 0 saturated heterocycles. The van der Waals surface area contributed by atoms with Crippen molar-refractivity contribution in [1.29, 1.82) is 0 Å². The van der Waals surface area contributed by atoms with Crippen LogP contribution in [-0.2, 0) is 6.54 Å². The van der Waals surface area contributed by atoms with E-state index in [1.807, 2.05) is 0 Å². The van der Waals surface area contributed by atoms with Crippen molar-refractivity contribution in [3.8, 4) is 0 Å². The minimum absolute atomic E-state index is 0.0546. The summed E-state index contributed by atoms with van der Waals surface area (Å²) >= 11 is 0. The lowest BCUT2D eigenvalue weighted by molar-refractivity contribution is -0.0570. The van der Waals surface area contributed by atoms with Crippen molar-refractivity contribution >= 4 is 17.0 Å². The van der Waals surface area contributed by atoms with Crippen molar-refractivity contribution in [3.05, 3.63) is 12.7 Å². The maximum atomic E-state index is 9.76. The quantitative estimate of drug-likeness (QED) is 0.522. The molecule has 0 aliphatic heterocycles. The van der Waals surface area contributed by atoms with Crippen LogP contribution in [0.15, 0.2) is 12.7 Å². The number of aliphatic hydroxyl groups is 3. The van der Waals surface area contributed by atoms with Gasteiger partial charge in [0.15, 0.2) is 11.5 Å². The second-order valence-electron chi connectivity index (χ2n) is 4.13. The number of aromatic nitrogens is 4. The summed E-state index contributed by atoms with van der Waals surface area (Å²) in [7, 11) is 0. The van der Waals surface area contributed by atoms with Crippen molar-refractivity contribution in [2.24, 2.45) is 0 Å². The molecule has 0 unspecified atom stereocenters. The van der Waals surface area contributed by atoms with Crippen molar-refractivity contribution in [2.45, 2.75) is 31.8 Å². The Hall–Kier alpha value is -1.77. The molecule has 0 saturated carbocycles. The molecule has 3 atom stereocenters. The van der Waals surface area contributed by atoms with Crippen LogP contribution in [0.1, 0.15) is 6.92 Å². The third kappa shape index (κ3) is 2.26. The van der Waals surface area contributed by atoms with E-state index in [1.54, 1.807) is 4.57 Å². The zero-order chi connectivity index (χ0) is 13.3. The Morgan fingerprint density at radius 1 is 1.28 bits per heavy atom. The maximum Gasteiger partial charge on any atom is 0.165 e. The third-order valence-electron chi connectivity index (χ3n) is 2.70. The average molecular weight is 253 g/mol. The second kappa shape index (κ2) is 4.84. The number of fused-ring (bicyclic) bond motifs is 1. The fourth-order valence-corrected chi connectivity index (χ4v) is 1.66. The van der Waals surface area contributed by atoms with Gasteiger partial charge in [0.2, 0.25) is 0 Å². The molecule has 8 heteroatoms. The summed E-state index contributed by atoms with van der Waals surface area (Å²) in [6.07, 6.45) is -0.629. The van der Waals surface area contributed by atoms with Gasteiger partial charge in [-0.3, -0.25) is 0 Å². The van der Waals surface area contributed by atoms with E-state index in [0.717, 1.165) is 0 Å². The number of hydrogen-bond donors (Lipinski definition) is 4. The number of nitrogen functional groups attached to an aromatic ring is 1. The Morgan fingerprint density at radius 3 is 2.67 bits per heavy atom. The molecule has 0 aromatic carbocycles. The first kappa shape index (κ1) is 12.7. The number of hydrogen-bond acceptors (Lipinski definition) is 7. The molecule has 2 heterocycles. The number of imidazole rings is 1. The minimum atomic E-state index is -1.23. The average Bonchev–Trinajstić information content (AvgIpc) is 2.73. The summed E-state index contributed by atoms with van der Waals surface area (Å²) in [6.45, 7) is 1.46. The molecule has 0 aliphatic carbocycles. The standard InChI is InChI=1S/C10H15N5O3/c1-5(16)8(18)6(17)2-15-4-14-7-9(11)12-3-13-10(7)15/h3-6,8,16-18H,2H2,1H3,(H2,11,12,13)/t5-,6-,8-/m1/s1. The van der Waals surface area contributed by atoms with Crippen LogP contribution in [0.25, 0.3) is 11.2 Å². The molecule has 2 aromatic rings. The Bertz CT molecular complexity index is 541. The van der Waals surface area contributed by atoms with Crippen molar-refractivity contribution < 1.29 is 15.3 Å². The Kier molecular flexibility index (Phi) is 3.41. The zero-order valence-corrected chi connectivity index (χ0v) is 9.80. The minimum Gasteiger partial charge on any atom is -0.391 e. The molecule has 0 amide bonds. The normalized spacial score (nSPS) is 16.7. The zero-order valence-electron chi connectivity index (χ0n) is 9.80. The third-order valence-corrected chi connectivity index (χ3v) is 2.70. The highest BCUT2D eigenvalue weighted by atomic mass is 16.4. The highest BCUT2D eigenvalue weighted by molar-refractivity contribution is 5.81. The van der Waals surface area contributed by atoms with Gasteiger partial charge in [0.05, 0.1) is 19.0 Å². The largest absolute Gasteiger partial charge is 0.391 e. The van der Waals surface area contributed by atoms with Crippen LogP contribution in [0.2, 0.25) is 0 Å². The lowest BCUT2D eigenvalue weighted by Crippen LogP contribution is -2.38. The van der Waals surface area contributed by atoms with E-state index < -0.39 is 18.3 Å². The predicted octanol–water partition coefficient (Wildman–Crippen LogP) is -1.49. The van der Waals surface area contributed by atoms with Crippen LogP contribution >= 0.6 is 0 Å². The van der Waals surface area contributed by atoms with Crippen molar-refractivity contribution in [3.63, 3.8) is 0 Å². The highest BCUT2D eigenvalue weighted by Crippen LogP contribution is 2.15. The number of nitrogens with two attached hydrogens (primary N) is 1. The second-order valence-corrected chi connectivity index (χ2v) is 4.13. The molecule has 18 heavy (non-hydrogen) atoms. The van der Waals surface area contributed by atoms with E-state index in [2.05, 4.69) is 15.0 Å². The van der Waals surface area contributed by atoms with Gasteiger partial charge in [-0.05, 0) is 6.92 Å². The van der Waals surface area contributed by atoms with E-state index >= 15 is 0 Å². The molecular formula is C10H15N5O3. The molecule has 98 valence electrons. The van der Waals surface area contributed by atoms with Gasteiger partial charge < -0.3 is 25.6 Å². The fraction of sp³-hybridized carbons (Fsp3) is 0.500. The van der Waals surface area contributed by atoms with Gasteiger partial charge in [-0.15, -0.1) is 0 Å². The van der Waals surface area contributed by atoms with E-state index in [0.29, 0.717) is 11.2 Å². The van der Waals surface area contributed by atoms with Gasteiger partial charge in [0.1, 0.15) is 24.1 Å². The molecule has 5 N–H and O–H groups in total. The van der Waals surface area contributed by atoms with E-state index in [4.69, 9.17) is 5.73 Å². The summed E-state index contributed by atoms with van der Waals surface area (Å²) < 4.78 is 1.55. The summed E-state index contributed by atoms with van der Waals surface area (Å²) in [6, 6.07) is 0. The topological polar surface area (TPSA) is 130 Å². The first-order valence-corrected chi connectivity index (χ1v) is 5.46. The van der Waals surface area contributed by atoms with Gasteiger partial charge in [-0.1, -0.05) is 0 Å². The molecule has 0 spiro atoms. The van der Waals surface area contributed by atoms with Crippen LogP contribution in [0, 0.1) is 0 Å². The molecule has 0 bridgehead atoms. The van der Waals surface area contributed by atoms with Gasteiger partial charge in [-0.25, -0.2) is 15.0 Å². The van der Waals surface area contributed by atoms with Crippen LogP contribution in [0.3, 0.4) is 0 Å². The van der Waals surface area contributed by atoms with Crippen LogP contribution in [0.4, 0.5) is 5.82 Å². The monoisotopic (exact) mass is 253 g/mol. The summed E-state index contributed by atoms with van der Waals surface area (Å²) in [5, 5.41) is 28.5. The molecule has 0 aliphatic rings. The number of nitrogens with zero attached hydrogens (tertiary/aromatic N) is 4. The summed E-state index contributed by atoms with van der Waals surface area (Å²) in [5.74, 6) is 0.254. The van der Waals surface area contributed by atoms with Crippen LogP contribution in [-0.4, -0.2) is 53.2 Å². The lowest BCUT2D eigenvalue weighted by atomic mass is 10.1. The smallest absolute Gasteiger partial charge is 0.165 e. The molecule has 2 aromatic heterocycles. The summed E-state index contributed by atoms with van der Waals surface area (Å²) in [5.41, 5.74) is 6.54. The number of rotatable bonds is 4. The Morgan fingerprint density at radius 2 is 2.00 bits per heavy atom. The van der Waals surface area contributed by atoms with E-state index in [1.165, 1.54) is 19.6 Å². The van der Waals surface area contributed by atoms with E-state index in [9.17, 15) is 15.3 Å². The number of anilines is 1. The molecular weight excluding hydrogens is 238 g/mol. The van der Waals surface area contributed by atoms with Crippen LogP contribution < -0.4 is 5.73 Å². The highest BCUT2D eigenvalue weighted by Gasteiger charge is 2.22. The predicted molar refractivity (Wildman–Crippen MR) is 63.4 cm³/mol. The Labute approximate surface area is 103 Å². The maximum absolute atomic E-state index is 9.76. The van der Waals surface area contributed by atoms with E-state index in [-0.39, 0.29) is 12.4 Å². The van der Waals surface area contributed by atoms with Gasteiger partial charge in [0.25, 0.3) is 0 Å². The fourth-order valence-electron chi connectivity index (χ4n) is 1.66. The molecule has 2 rings (SSSR count).